The minimum atomic E-state index is -4.81. The molecule has 4 rings (SSSR count). The number of hydrogen-bond donors (Lipinski definition) is 3. The molecule has 0 radical (unpaired) electrons. The number of fused-ring (bicyclic) bond motifs is 2. The van der Waals surface area contributed by atoms with Gasteiger partial charge in [0.15, 0.2) is 0 Å². The van der Waals surface area contributed by atoms with Gasteiger partial charge in [0, 0.05) is 19.1 Å². The van der Waals surface area contributed by atoms with Crippen LogP contribution >= 0.6 is 0 Å². The van der Waals surface area contributed by atoms with E-state index in [1.165, 1.54) is 30.8 Å². The highest BCUT2D eigenvalue weighted by Crippen LogP contribution is 2.30. The largest absolute Gasteiger partial charge is 0.418 e. The Balaban J connectivity index is 1.20. The molecule has 0 aromatic rings. The predicted molar refractivity (Wildman–Crippen MR) is 103 cm³/mol. The van der Waals surface area contributed by atoms with Crippen molar-refractivity contribution in [3.05, 3.63) is 0 Å². The summed E-state index contributed by atoms with van der Waals surface area (Å²) in [6.07, 6.45) is 4.26. The van der Waals surface area contributed by atoms with Crippen molar-refractivity contribution >= 4 is 22.3 Å². The number of rotatable bonds is 8. The average molecular weight is 448 g/mol. The highest BCUT2D eigenvalue weighted by atomic mass is 32.3. The second kappa shape index (κ2) is 8.93. The minimum absolute atomic E-state index is 0.148. The van der Waals surface area contributed by atoms with Gasteiger partial charge in [-0.2, -0.15) is 13.5 Å². The Labute approximate surface area is 175 Å². The topological polar surface area (TPSA) is 141 Å². The molecule has 3 amide bonds. The van der Waals surface area contributed by atoms with Crippen LogP contribution in [0.2, 0.25) is 0 Å². The lowest BCUT2D eigenvalue weighted by atomic mass is 10.0. The number of piperidine rings is 1. The van der Waals surface area contributed by atoms with E-state index >= 15 is 0 Å². The Morgan fingerprint density at radius 2 is 2.03 bits per heavy atom. The van der Waals surface area contributed by atoms with E-state index in [-0.39, 0.29) is 12.6 Å². The Bertz CT molecular complexity index is 760. The van der Waals surface area contributed by atoms with E-state index in [9.17, 15) is 18.0 Å². The fraction of sp³-hybridized carbons (Fsp3) is 0.882. The first-order chi connectivity index (χ1) is 14.3. The zero-order valence-electron chi connectivity index (χ0n) is 16.7. The average Bonchev–Trinajstić information content (AvgIpc) is 3.40. The second-order valence-corrected chi connectivity index (χ2v) is 9.51. The fourth-order valence-corrected chi connectivity index (χ4v) is 5.27. The van der Waals surface area contributed by atoms with E-state index in [0.717, 1.165) is 19.5 Å². The molecule has 4 saturated heterocycles. The van der Waals surface area contributed by atoms with Crippen molar-refractivity contribution in [3.63, 3.8) is 0 Å². The molecule has 0 saturated carbocycles. The standard InChI is InChI=1S/C17H29N5O7S/c23-16(15-4-3-14-10-21(15)17(24)22(14)29-30(25,26)27)19-28-11-13-7-12(8-18-13)9-20-5-1-2-6-20/h12-15,18H,1-11H2,(H,19,23)(H,25,26,27)/t12-,13-,14?,15?/m1/s1. The van der Waals surface area contributed by atoms with E-state index in [2.05, 4.69) is 20.0 Å². The SMILES string of the molecule is O=C(NOC[C@H]1C[C@@H](CN2CCCC2)CN1)C1CCC2CN1C(=O)N2OS(=O)(=O)O. The lowest BCUT2D eigenvalue weighted by Crippen LogP contribution is -2.50. The van der Waals surface area contributed by atoms with E-state index in [1.54, 1.807) is 0 Å². The van der Waals surface area contributed by atoms with Crippen LogP contribution in [0, 0.1) is 5.92 Å². The third kappa shape index (κ3) is 5.03. The van der Waals surface area contributed by atoms with E-state index in [4.69, 9.17) is 9.39 Å². The number of amides is 3. The lowest BCUT2D eigenvalue weighted by molar-refractivity contribution is -0.139. The van der Waals surface area contributed by atoms with Gasteiger partial charge in [0.1, 0.15) is 6.04 Å². The van der Waals surface area contributed by atoms with Crippen LogP contribution in [0.5, 0.6) is 0 Å². The van der Waals surface area contributed by atoms with E-state index in [0.29, 0.717) is 30.4 Å². The first kappa shape index (κ1) is 21.7. The third-order valence-corrected chi connectivity index (χ3v) is 6.63. The minimum Gasteiger partial charge on any atom is -0.311 e. The molecule has 0 aliphatic carbocycles. The number of hydrogen-bond acceptors (Lipinski definition) is 8. The molecular weight excluding hydrogens is 418 g/mol. The third-order valence-electron chi connectivity index (χ3n) is 6.29. The molecule has 30 heavy (non-hydrogen) atoms. The van der Waals surface area contributed by atoms with Gasteiger partial charge in [0.05, 0.1) is 12.6 Å². The number of carbonyl (C=O) groups excluding carboxylic acids is 2. The smallest absolute Gasteiger partial charge is 0.311 e. The summed E-state index contributed by atoms with van der Waals surface area (Å²) in [5, 5.41) is 4.04. The summed E-state index contributed by atoms with van der Waals surface area (Å²) in [4.78, 5) is 34.0. The van der Waals surface area contributed by atoms with E-state index < -0.39 is 34.4 Å². The summed E-state index contributed by atoms with van der Waals surface area (Å²) >= 11 is 0. The number of likely N-dealkylation sites (tertiary alicyclic amines) is 1. The van der Waals surface area contributed by atoms with Gasteiger partial charge in [0.2, 0.25) is 0 Å². The van der Waals surface area contributed by atoms with Gasteiger partial charge in [-0.15, -0.1) is 4.28 Å². The highest BCUT2D eigenvalue weighted by Gasteiger charge is 2.49. The van der Waals surface area contributed by atoms with Crippen molar-refractivity contribution in [2.24, 2.45) is 5.92 Å². The van der Waals surface area contributed by atoms with Gasteiger partial charge < -0.3 is 15.1 Å². The van der Waals surface area contributed by atoms with Gasteiger partial charge in [-0.25, -0.2) is 10.3 Å². The summed E-state index contributed by atoms with van der Waals surface area (Å²) in [7, 11) is -4.81. The van der Waals surface area contributed by atoms with Crippen molar-refractivity contribution in [1.29, 1.82) is 0 Å². The van der Waals surface area contributed by atoms with Crippen LogP contribution in [0.1, 0.15) is 32.1 Å². The number of hydroxylamine groups is 3. The summed E-state index contributed by atoms with van der Waals surface area (Å²) in [6.45, 7) is 4.88. The molecule has 4 aliphatic rings. The molecule has 4 aliphatic heterocycles. The highest BCUT2D eigenvalue weighted by molar-refractivity contribution is 7.80. The zero-order valence-corrected chi connectivity index (χ0v) is 17.6. The van der Waals surface area contributed by atoms with Crippen LogP contribution < -0.4 is 10.8 Å². The number of carbonyl (C=O) groups is 2. The normalized spacial score (nSPS) is 32.2. The first-order valence-corrected chi connectivity index (χ1v) is 11.8. The maximum absolute atomic E-state index is 12.5. The second-order valence-electron chi connectivity index (χ2n) is 8.50. The number of nitrogens with zero attached hydrogens (tertiary/aromatic N) is 3. The van der Waals surface area contributed by atoms with Crippen molar-refractivity contribution in [2.75, 3.05) is 39.3 Å². The molecule has 13 heteroatoms. The molecule has 170 valence electrons. The molecule has 0 aromatic carbocycles. The molecule has 2 unspecified atom stereocenters. The van der Waals surface area contributed by atoms with Crippen LogP contribution in [0.3, 0.4) is 0 Å². The molecular formula is C17H29N5O7S. The van der Waals surface area contributed by atoms with Gasteiger partial charge in [-0.05, 0) is 57.7 Å². The van der Waals surface area contributed by atoms with Crippen molar-refractivity contribution in [1.82, 2.24) is 25.7 Å². The van der Waals surface area contributed by atoms with Gasteiger partial charge >= 0.3 is 16.4 Å². The van der Waals surface area contributed by atoms with Crippen molar-refractivity contribution in [3.8, 4) is 0 Å². The van der Waals surface area contributed by atoms with Gasteiger partial charge in [-0.1, -0.05) is 0 Å². The van der Waals surface area contributed by atoms with Gasteiger partial charge in [-0.3, -0.25) is 14.2 Å². The van der Waals surface area contributed by atoms with Crippen molar-refractivity contribution < 1.29 is 31.7 Å². The Hall–Kier alpha value is -1.51. The quantitative estimate of drug-likeness (QED) is 0.319. The van der Waals surface area contributed by atoms with Crippen molar-refractivity contribution in [2.45, 2.75) is 50.2 Å². The maximum atomic E-state index is 12.5. The van der Waals surface area contributed by atoms with E-state index in [1.807, 2.05) is 0 Å². The lowest BCUT2D eigenvalue weighted by Gasteiger charge is -2.29. The molecule has 3 N–H and O–H groups in total. The van der Waals surface area contributed by atoms with Crippen LogP contribution in [0.4, 0.5) is 4.79 Å². The van der Waals surface area contributed by atoms with Crippen LogP contribution in [-0.2, 0) is 24.3 Å². The maximum Gasteiger partial charge on any atom is 0.418 e. The molecule has 4 heterocycles. The first-order valence-electron chi connectivity index (χ1n) is 10.4. The molecule has 4 atom stereocenters. The molecule has 0 aromatic heterocycles. The summed E-state index contributed by atoms with van der Waals surface area (Å²) in [5.74, 6) is 0.126. The summed E-state index contributed by atoms with van der Waals surface area (Å²) in [5.41, 5.74) is 2.42. The Morgan fingerprint density at radius 3 is 2.77 bits per heavy atom. The molecule has 0 spiro atoms. The van der Waals surface area contributed by atoms with Crippen LogP contribution in [0.15, 0.2) is 0 Å². The molecule has 4 fully saturated rings. The Kier molecular flexibility index (Phi) is 6.46. The monoisotopic (exact) mass is 447 g/mol. The fourth-order valence-electron chi connectivity index (χ4n) is 4.88. The number of nitrogens with one attached hydrogen (secondary N) is 2. The summed E-state index contributed by atoms with van der Waals surface area (Å²) < 4.78 is 35.1. The number of urea groups is 1. The summed E-state index contributed by atoms with van der Waals surface area (Å²) in [6, 6.07) is -1.90. The zero-order chi connectivity index (χ0) is 21.3. The molecule has 2 bridgehead atoms. The predicted octanol–water partition coefficient (Wildman–Crippen LogP) is -0.889. The van der Waals surface area contributed by atoms with Crippen LogP contribution in [0.25, 0.3) is 0 Å². The van der Waals surface area contributed by atoms with Crippen LogP contribution in [-0.4, -0.2) is 97.2 Å². The molecule has 12 nitrogen and oxygen atoms in total. The van der Waals surface area contributed by atoms with Gasteiger partial charge in [0.25, 0.3) is 5.91 Å². The Morgan fingerprint density at radius 1 is 1.27 bits per heavy atom.